The summed E-state index contributed by atoms with van der Waals surface area (Å²) in [4.78, 5) is 11.7. The van der Waals surface area contributed by atoms with E-state index in [4.69, 9.17) is 4.74 Å². The molecule has 0 radical (unpaired) electrons. The van der Waals surface area contributed by atoms with E-state index in [1.54, 1.807) is 6.07 Å². The quantitative estimate of drug-likeness (QED) is 0.820. The van der Waals surface area contributed by atoms with Gasteiger partial charge in [-0.1, -0.05) is 40.2 Å². The number of carbonyl (C=O) groups is 1. The zero-order valence-electron chi connectivity index (χ0n) is 12.1. The lowest BCUT2D eigenvalue weighted by atomic mass is 10.1. The van der Waals surface area contributed by atoms with Crippen LogP contribution in [0.1, 0.15) is 22.8 Å². The summed E-state index contributed by atoms with van der Waals surface area (Å²) in [5, 5.41) is 3.38. The first kappa shape index (κ1) is 15.6. The van der Waals surface area contributed by atoms with Gasteiger partial charge in [-0.3, -0.25) is 0 Å². The molecule has 0 spiro atoms. The third-order valence-corrected chi connectivity index (χ3v) is 3.72. The second-order valence-electron chi connectivity index (χ2n) is 4.91. The topological polar surface area (TPSA) is 38.3 Å². The van der Waals surface area contributed by atoms with Crippen LogP contribution < -0.4 is 5.32 Å². The monoisotopic (exact) mass is 347 g/mol. The Morgan fingerprint density at radius 3 is 2.52 bits per heavy atom. The van der Waals surface area contributed by atoms with Gasteiger partial charge in [-0.15, -0.1) is 0 Å². The van der Waals surface area contributed by atoms with E-state index >= 15 is 0 Å². The van der Waals surface area contributed by atoms with Crippen LogP contribution >= 0.6 is 15.9 Å². The van der Waals surface area contributed by atoms with Crippen LogP contribution in [0.3, 0.4) is 0 Å². The SMILES string of the molecule is COC(=O)c1ccccc1NC(C)Cc1ccc(Br)cc1. The Kier molecular flexibility index (Phi) is 5.39. The van der Waals surface area contributed by atoms with Gasteiger partial charge in [0.2, 0.25) is 0 Å². The number of nitrogens with one attached hydrogen (secondary N) is 1. The fourth-order valence-electron chi connectivity index (χ4n) is 2.19. The molecule has 0 heterocycles. The molecule has 0 aliphatic carbocycles. The Hall–Kier alpha value is -1.81. The highest BCUT2D eigenvalue weighted by Gasteiger charge is 2.12. The molecule has 0 aliphatic heterocycles. The number of carbonyl (C=O) groups excluding carboxylic acids is 1. The molecule has 0 aromatic heterocycles. The fourth-order valence-corrected chi connectivity index (χ4v) is 2.45. The zero-order valence-corrected chi connectivity index (χ0v) is 13.7. The van der Waals surface area contributed by atoms with E-state index in [9.17, 15) is 4.79 Å². The van der Waals surface area contributed by atoms with Crippen molar-refractivity contribution in [3.63, 3.8) is 0 Å². The summed E-state index contributed by atoms with van der Waals surface area (Å²) in [5.74, 6) is -0.325. The molecule has 4 heteroatoms. The maximum absolute atomic E-state index is 11.7. The molecule has 0 fully saturated rings. The maximum atomic E-state index is 11.7. The molecular formula is C17H18BrNO2. The van der Waals surface area contributed by atoms with Crippen molar-refractivity contribution in [1.82, 2.24) is 0 Å². The number of esters is 1. The third kappa shape index (κ3) is 4.33. The highest BCUT2D eigenvalue weighted by Crippen LogP contribution is 2.19. The number of para-hydroxylation sites is 1. The van der Waals surface area contributed by atoms with E-state index in [-0.39, 0.29) is 12.0 Å². The van der Waals surface area contributed by atoms with Crippen molar-refractivity contribution in [1.29, 1.82) is 0 Å². The molecule has 1 N–H and O–H groups in total. The second kappa shape index (κ2) is 7.27. The molecule has 0 amide bonds. The third-order valence-electron chi connectivity index (χ3n) is 3.19. The number of halogens is 1. The van der Waals surface area contributed by atoms with Gasteiger partial charge in [0.1, 0.15) is 0 Å². The smallest absolute Gasteiger partial charge is 0.339 e. The number of methoxy groups -OCH3 is 1. The van der Waals surface area contributed by atoms with Crippen LogP contribution in [0.25, 0.3) is 0 Å². The van der Waals surface area contributed by atoms with E-state index in [0.717, 1.165) is 16.6 Å². The first-order chi connectivity index (χ1) is 10.1. The molecule has 0 aliphatic rings. The molecule has 3 nitrogen and oxygen atoms in total. The van der Waals surface area contributed by atoms with E-state index < -0.39 is 0 Å². The summed E-state index contributed by atoms with van der Waals surface area (Å²) in [6.45, 7) is 2.09. The lowest BCUT2D eigenvalue weighted by molar-refractivity contribution is 0.0602. The minimum absolute atomic E-state index is 0.206. The van der Waals surface area contributed by atoms with Crippen molar-refractivity contribution in [2.24, 2.45) is 0 Å². The van der Waals surface area contributed by atoms with Crippen molar-refractivity contribution < 1.29 is 9.53 Å². The van der Waals surface area contributed by atoms with Crippen LogP contribution in [0.5, 0.6) is 0 Å². The molecule has 0 saturated heterocycles. The van der Waals surface area contributed by atoms with Crippen molar-refractivity contribution in [3.8, 4) is 0 Å². The Bertz CT molecular complexity index is 610. The van der Waals surface area contributed by atoms with Crippen LogP contribution in [0.4, 0.5) is 5.69 Å². The number of anilines is 1. The van der Waals surface area contributed by atoms with E-state index in [1.807, 2.05) is 30.3 Å². The van der Waals surface area contributed by atoms with Crippen molar-refractivity contribution in [3.05, 3.63) is 64.1 Å². The molecule has 2 aromatic carbocycles. The van der Waals surface area contributed by atoms with E-state index in [2.05, 4.69) is 40.3 Å². The largest absolute Gasteiger partial charge is 0.465 e. The van der Waals surface area contributed by atoms with Crippen LogP contribution in [-0.4, -0.2) is 19.1 Å². The normalized spacial score (nSPS) is 11.8. The molecule has 110 valence electrons. The minimum Gasteiger partial charge on any atom is -0.465 e. The molecule has 21 heavy (non-hydrogen) atoms. The summed E-state index contributed by atoms with van der Waals surface area (Å²) in [5.41, 5.74) is 2.60. The first-order valence-corrected chi connectivity index (χ1v) is 7.58. The highest BCUT2D eigenvalue weighted by atomic mass is 79.9. The van der Waals surface area contributed by atoms with Gasteiger partial charge in [0, 0.05) is 16.2 Å². The molecule has 0 bridgehead atoms. The molecule has 2 rings (SSSR count). The second-order valence-corrected chi connectivity index (χ2v) is 5.83. The maximum Gasteiger partial charge on any atom is 0.339 e. The van der Waals surface area contributed by atoms with E-state index in [0.29, 0.717) is 5.56 Å². The van der Waals surface area contributed by atoms with Crippen LogP contribution in [0.15, 0.2) is 53.0 Å². The van der Waals surface area contributed by atoms with Gasteiger partial charge in [-0.2, -0.15) is 0 Å². The van der Waals surface area contributed by atoms with Crippen molar-refractivity contribution >= 4 is 27.6 Å². The number of ether oxygens (including phenoxy) is 1. The minimum atomic E-state index is -0.325. The molecule has 1 atom stereocenters. The zero-order chi connectivity index (χ0) is 15.2. The van der Waals surface area contributed by atoms with Gasteiger partial charge in [0.25, 0.3) is 0 Å². The molecule has 1 unspecified atom stereocenters. The predicted octanol–water partition coefficient (Wildman–Crippen LogP) is 4.28. The van der Waals surface area contributed by atoms with Crippen LogP contribution in [0.2, 0.25) is 0 Å². The predicted molar refractivity (Wildman–Crippen MR) is 88.7 cm³/mol. The molecular weight excluding hydrogens is 330 g/mol. The van der Waals surface area contributed by atoms with Crippen LogP contribution in [0, 0.1) is 0 Å². The lowest BCUT2D eigenvalue weighted by Crippen LogP contribution is -2.20. The average Bonchev–Trinajstić information content (AvgIpc) is 2.49. The van der Waals surface area contributed by atoms with Gasteiger partial charge in [0.05, 0.1) is 12.7 Å². The fraction of sp³-hybridized carbons (Fsp3) is 0.235. The standard InChI is InChI=1S/C17H18BrNO2/c1-12(11-13-7-9-14(18)10-8-13)19-16-6-4-3-5-15(16)17(20)21-2/h3-10,12,19H,11H2,1-2H3. The summed E-state index contributed by atoms with van der Waals surface area (Å²) in [6.07, 6.45) is 0.878. The summed E-state index contributed by atoms with van der Waals surface area (Å²) >= 11 is 3.43. The Labute approximate surface area is 133 Å². The number of hydrogen-bond acceptors (Lipinski definition) is 3. The van der Waals surface area contributed by atoms with Gasteiger partial charge in [-0.05, 0) is 43.2 Å². The van der Waals surface area contributed by atoms with E-state index in [1.165, 1.54) is 12.7 Å². The lowest BCUT2D eigenvalue weighted by Gasteiger charge is -2.17. The average molecular weight is 348 g/mol. The van der Waals surface area contributed by atoms with Crippen LogP contribution in [-0.2, 0) is 11.2 Å². The van der Waals surface area contributed by atoms with Gasteiger partial charge in [0.15, 0.2) is 0 Å². The van der Waals surface area contributed by atoms with Crippen molar-refractivity contribution in [2.45, 2.75) is 19.4 Å². The Balaban J connectivity index is 2.07. The number of rotatable bonds is 5. The first-order valence-electron chi connectivity index (χ1n) is 6.78. The molecule has 2 aromatic rings. The number of benzene rings is 2. The van der Waals surface area contributed by atoms with Gasteiger partial charge in [-0.25, -0.2) is 4.79 Å². The summed E-state index contributed by atoms with van der Waals surface area (Å²) in [6, 6.07) is 15.8. The van der Waals surface area contributed by atoms with Crippen molar-refractivity contribution in [2.75, 3.05) is 12.4 Å². The van der Waals surface area contributed by atoms with Gasteiger partial charge >= 0.3 is 5.97 Å². The highest BCUT2D eigenvalue weighted by molar-refractivity contribution is 9.10. The van der Waals surface area contributed by atoms with Gasteiger partial charge < -0.3 is 10.1 Å². The molecule has 0 saturated carbocycles. The number of hydrogen-bond donors (Lipinski definition) is 1. The Morgan fingerprint density at radius 2 is 1.86 bits per heavy atom. The summed E-state index contributed by atoms with van der Waals surface area (Å²) < 4.78 is 5.88. The Morgan fingerprint density at radius 1 is 1.19 bits per heavy atom. The summed E-state index contributed by atoms with van der Waals surface area (Å²) in [7, 11) is 1.39.